The van der Waals surface area contributed by atoms with Crippen molar-refractivity contribution in [2.24, 2.45) is 0 Å². The van der Waals surface area contributed by atoms with Crippen LogP contribution in [0.15, 0.2) is 18.2 Å². The molecule has 1 aromatic rings. The molecule has 1 heterocycles. The van der Waals surface area contributed by atoms with Crippen LogP contribution in [0.2, 0.25) is 0 Å². The number of amides is 1. The number of rotatable bonds is 4. The quantitative estimate of drug-likeness (QED) is 0.862. The van der Waals surface area contributed by atoms with E-state index in [-0.39, 0.29) is 18.7 Å². The van der Waals surface area contributed by atoms with Crippen LogP contribution in [0.25, 0.3) is 0 Å². The first-order chi connectivity index (χ1) is 8.99. The topological polar surface area (TPSA) is 77.8 Å². The van der Waals surface area contributed by atoms with Gasteiger partial charge in [0.2, 0.25) is 5.91 Å². The molecule has 0 aliphatic carbocycles. The van der Waals surface area contributed by atoms with Crippen LogP contribution in [-0.4, -0.2) is 29.1 Å². The van der Waals surface area contributed by atoms with E-state index < -0.39 is 12.1 Å². The van der Waals surface area contributed by atoms with Gasteiger partial charge in [0.15, 0.2) is 0 Å². The molecule has 1 aromatic carbocycles. The molecule has 0 bridgehead atoms. The molecule has 19 heavy (non-hydrogen) atoms. The number of carbonyl (C=O) groups is 2. The summed E-state index contributed by atoms with van der Waals surface area (Å²) in [7, 11) is 1.74. The molecule has 0 spiro atoms. The number of nitrogens with zero attached hydrogens (tertiary/aromatic N) is 1. The number of anilines is 1. The minimum atomic E-state index is -0.914. The van der Waals surface area contributed by atoms with Crippen molar-refractivity contribution in [1.82, 2.24) is 0 Å². The number of carbonyl (C=O) groups excluding carboxylic acids is 1. The van der Waals surface area contributed by atoms with E-state index in [0.717, 1.165) is 11.3 Å². The van der Waals surface area contributed by atoms with E-state index in [1.165, 1.54) is 0 Å². The van der Waals surface area contributed by atoms with Crippen molar-refractivity contribution in [2.75, 3.05) is 11.9 Å². The van der Waals surface area contributed by atoms with Gasteiger partial charge in [0.25, 0.3) is 0 Å². The average molecular weight is 263 g/mol. The number of carboxylic acid groups (broad SMARTS) is 1. The summed E-state index contributed by atoms with van der Waals surface area (Å²) < 4.78 is 0. The third-order valence-electron chi connectivity index (χ3n) is 3.46. The van der Waals surface area contributed by atoms with E-state index in [2.05, 4.69) is 0 Å². The second-order valence-electron chi connectivity index (χ2n) is 4.79. The first kappa shape index (κ1) is 13.5. The summed E-state index contributed by atoms with van der Waals surface area (Å²) in [6.45, 7) is 0. The Morgan fingerprint density at radius 1 is 1.42 bits per heavy atom. The highest BCUT2D eigenvalue weighted by Crippen LogP contribution is 2.30. The molecule has 0 radical (unpaired) electrons. The third-order valence-corrected chi connectivity index (χ3v) is 3.46. The Bertz CT molecular complexity index is 512. The predicted octanol–water partition coefficient (Wildman–Crippen LogP) is 1.49. The zero-order valence-electron chi connectivity index (χ0n) is 10.8. The molecule has 0 aromatic heterocycles. The van der Waals surface area contributed by atoms with Crippen molar-refractivity contribution in [3.8, 4) is 0 Å². The molecule has 5 heteroatoms. The largest absolute Gasteiger partial charge is 0.481 e. The van der Waals surface area contributed by atoms with Crippen LogP contribution in [0.3, 0.4) is 0 Å². The summed E-state index contributed by atoms with van der Waals surface area (Å²) in [4.78, 5) is 23.7. The lowest BCUT2D eigenvalue weighted by Crippen LogP contribution is -2.31. The Morgan fingerprint density at radius 3 is 2.84 bits per heavy atom. The molecule has 0 saturated heterocycles. The molecule has 0 saturated carbocycles. The van der Waals surface area contributed by atoms with Crippen molar-refractivity contribution in [3.05, 3.63) is 29.3 Å². The van der Waals surface area contributed by atoms with Gasteiger partial charge in [0, 0.05) is 25.6 Å². The van der Waals surface area contributed by atoms with Crippen molar-refractivity contribution in [2.45, 2.75) is 31.8 Å². The number of aliphatic carboxylic acids is 1. The second-order valence-corrected chi connectivity index (χ2v) is 4.79. The lowest BCUT2D eigenvalue weighted by molar-refractivity contribution is -0.137. The number of aliphatic hydroxyl groups is 1. The second kappa shape index (κ2) is 5.40. The Hall–Kier alpha value is -1.88. The number of aryl methyl sites for hydroxylation is 1. The number of hydrogen-bond acceptors (Lipinski definition) is 3. The molecular formula is C14H17NO4. The van der Waals surface area contributed by atoms with E-state index >= 15 is 0 Å². The molecule has 1 amide bonds. The molecule has 5 nitrogen and oxygen atoms in total. The van der Waals surface area contributed by atoms with Crippen LogP contribution in [0.5, 0.6) is 0 Å². The Kier molecular flexibility index (Phi) is 3.85. The molecule has 102 valence electrons. The smallest absolute Gasteiger partial charge is 0.303 e. The molecule has 1 aliphatic heterocycles. The minimum absolute atomic E-state index is 0.0589. The van der Waals surface area contributed by atoms with Crippen LogP contribution < -0.4 is 4.90 Å². The van der Waals surface area contributed by atoms with E-state index in [0.29, 0.717) is 18.4 Å². The van der Waals surface area contributed by atoms with Crippen molar-refractivity contribution in [3.63, 3.8) is 0 Å². The van der Waals surface area contributed by atoms with Crippen molar-refractivity contribution >= 4 is 17.6 Å². The summed E-state index contributed by atoms with van der Waals surface area (Å²) >= 11 is 0. The number of benzene rings is 1. The highest BCUT2D eigenvalue weighted by atomic mass is 16.4. The Morgan fingerprint density at radius 2 is 2.16 bits per heavy atom. The maximum atomic E-state index is 11.6. The number of carboxylic acids is 1. The molecule has 2 rings (SSSR count). The van der Waals surface area contributed by atoms with Gasteiger partial charge < -0.3 is 15.1 Å². The molecular weight excluding hydrogens is 246 g/mol. The molecule has 1 aliphatic rings. The van der Waals surface area contributed by atoms with Gasteiger partial charge in [-0.1, -0.05) is 12.1 Å². The van der Waals surface area contributed by atoms with Crippen LogP contribution in [-0.2, 0) is 16.0 Å². The highest BCUT2D eigenvalue weighted by Gasteiger charge is 2.21. The summed E-state index contributed by atoms with van der Waals surface area (Å²) in [5, 5.41) is 18.6. The van der Waals surface area contributed by atoms with E-state index in [1.54, 1.807) is 18.0 Å². The monoisotopic (exact) mass is 263 g/mol. The number of hydrogen-bond donors (Lipinski definition) is 2. The van der Waals surface area contributed by atoms with Crippen LogP contribution >= 0.6 is 0 Å². The average Bonchev–Trinajstić information content (AvgIpc) is 2.40. The summed E-state index contributed by atoms with van der Waals surface area (Å²) in [5.41, 5.74) is 2.60. The zero-order chi connectivity index (χ0) is 14.0. The minimum Gasteiger partial charge on any atom is -0.481 e. The standard InChI is InChI=1S/C14H17NO4/c1-15-11-4-2-10(12(16)5-7-14(18)19)8-9(11)3-6-13(15)17/h2,4,8,12,16H,3,5-7H2,1H3,(H,18,19). The van der Waals surface area contributed by atoms with E-state index in [4.69, 9.17) is 5.11 Å². The van der Waals surface area contributed by atoms with Gasteiger partial charge in [-0.25, -0.2) is 0 Å². The van der Waals surface area contributed by atoms with Gasteiger partial charge in [-0.2, -0.15) is 0 Å². The van der Waals surface area contributed by atoms with Gasteiger partial charge in [0.1, 0.15) is 0 Å². The van der Waals surface area contributed by atoms with Gasteiger partial charge in [-0.15, -0.1) is 0 Å². The first-order valence-electron chi connectivity index (χ1n) is 6.28. The lowest BCUT2D eigenvalue weighted by atomic mass is 9.96. The molecule has 1 atom stereocenters. The summed E-state index contributed by atoms with van der Waals surface area (Å²) in [6, 6.07) is 5.43. The van der Waals surface area contributed by atoms with Gasteiger partial charge in [-0.3, -0.25) is 9.59 Å². The van der Waals surface area contributed by atoms with E-state index in [9.17, 15) is 14.7 Å². The maximum Gasteiger partial charge on any atom is 0.303 e. The van der Waals surface area contributed by atoms with Gasteiger partial charge in [-0.05, 0) is 30.0 Å². The first-order valence-corrected chi connectivity index (χ1v) is 6.28. The van der Waals surface area contributed by atoms with E-state index in [1.807, 2.05) is 12.1 Å². The van der Waals surface area contributed by atoms with Crippen molar-refractivity contribution in [1.29, 1.82) is 0 Å². The van der Waals surface area contributed by atoms with Gasteiger partial charge >= 0.3 is 5.97 Å². The Labute approximate surface area is 111 Å². The van der Waals surface area contributed by atoms with Crippen LogP contribution in [0, 0.1) is 0 Å². The highest BCUT2D eigenvalue weighted by molar-refractivity contribution is 5.95. The number of aliphatic hydroxyl groups excluding tert-OH is 1. The predicted molar refractivity (Wildman–Crippen MR) is 70.0 cm³/mol. The van der Waals surface area contributed by atoms with Crippen LogP contribution in [0.1, 0.15) is 36.5 Å². The SMILES string of the molecule is CN1C(=O)CCc2cc(C(O)CCC(=O)O)ccc21. The van der Waals surface area contributed by atoms with Crippen molar-refractivity contribution < 1.29 is 19.8 Å². The fraction of sp³-hybridized carbons (Fsp3) is 0.429. The molecule has 2 N–H and O–H groups in total. The zero-order valence-corrected chi connectivity index (χ0v) is 10.8. The normalized spacial score (nSPS) is 16.1. The summed E-state index contributed by atoms with van der Waals surface area (Å²) in [5.74, 6) is -0.825. The van der Waals surface area contributed by atoms with Crippen LogP contribution in [0.4, 0.5) is 5.69 Å². The van der Waals surface area contributed by atoms with Gasteiger partial charge in [0.05, 0.1) is 6.10 Å². The molecule has 1 unspecified atom stereocenters. The fourth-order valence-corrected chi connectivity index (χ4v) is 2.31. The summed E-state index contributed by atoms with van der Waals surface area (Å²) in [6.07, 6.45) is 0.500. The number of fused-ring (bicyclic) bond motifs is 1. The molecule has 0 fully saturated rings. The Balaban J connectivity index is 2.17. The maximum absolute atomic E-state index is 11.6. The third kappa shape index (κ3) is 2.93. The lowest BCUT2D eigenvalue weighted by Gasteiger charge is -2.26. The fourth-order valence-electron chi connectivity index (χ4n) is 2.31.